The second kappa shape index (κ2) is 13.2. The predicted molar refractivity (Wildman–Crippen MR) is 142 cm³/mol. The number of ether oxygens (including phenoxy) is 1. The third kappa shape index (κ3) is 7.29. The van der Waals surface area contributed by atoms with Crippen molar-refractivity contribution in [3.8, 4) is 17.2 Å². The summed E-state index contributed by atoms with van der Waals surface area (Å²) in [6.07, 6.45) is 0.172. The van der Waals surface area contributed by atoms with Crippen LogP contribution in [0.3, 0.4) is 0 Å². The summed E-state index contributed by atoms with van der Waals surface area (Å²) in [5, 5.41) is 25.6. The van der Waals surface area contributed by atoms with Crippen molar-refractivity contribution in [3.63, 3.8) is 0 Å². The third-order valence-corrected chi connectivity index (χ3v) is 6.61. The van der Waals surface area contributed by atoms with E-state index in [4.69, 9.17) is 9.15 Å². The third-order valence-electron chi connectivity index (χ3n) is 6.61. The summed E-state index contributed by atoms with van der Waals surface area (Å²) in [6, 6.07) is 14.8. The van der Waals surface area contributed by atoms with E-state index >= 15 is 0 Å². The molecule has 198 valence electrons. The molecule has 1 heterocycles. The number of nitrogens with zero attached hydrogens (tertiary/aromatic N) is 2. The lowest BCUT2D eigenvalue weighted by molar-refractivity contribution is -0.139. The Morgan fingerprint density at radius 3 is 2.57 bits per heavy atom. The summed E-state index contributed by atoms with van der Waals surface area (Å²) in [4.78, 5) is 24.7. The van der Waals surface area contributed by atoms with Crippen LogP contribution in [-0.4, -0.2) is 54.0 Å². The normalized spacial score (nSPS) is 14.6. The molecule has 3 rings (SSSR count). The number of oxazole rings is 1. The molecule has 1 amide bonds. The Morgan fingerprint density at radius 2 is 1.92 bits per heavy atom. The van der Waals surface area contributed by atoms with E-state index in [1.807, 2.05) is 57.3 Å². The number of carbonyl (C=O) groups excluding carboxylic acids is 1. The lowest BCUT2D eigenvalue weighted by atomic mass is 9.99. The minimum Gasteiger partial charge on any atom is -0.408 e. The molecule has 3 N–H and O–H groups in total. The molecule has 37 heavy (non-hydrogen) atoms. The van der Waals surface area contributed by atoms with Crippen LogP contribution in [0.4, 0.5) is 0 Å². The van der Waals surface area contributed by atoms with E-state index < -0.39 is 24.0 Å². The molecule has 0 spiro atoms. The Bertz CT molecular complexity index is 1270. The summed E-state index contributed by atoms with van der Waals surface area (Å²) in [7, 11) is 3.48. The number of aromatic nitrogens is 1. The van der Waals surface area contributed by atoms with Gasteiger partial charge in [0.15, 0.2) is 5.58 Å². The lowest BCUT2D eigenvalue weighted by Gasteiger charge is -2.25. The number of hydrogen-bond donors (Lipinski definition) is 3. The van der Waals surface area contributed by atoms with Gasteiger partial charge in [-0.2, -0.15) is 5.26 Å². The van der Waals surface area contributed by atoms with Crippen LogP contribution >= 0.6 is 0 Å². The number of aryl methyl sites for hydroxylation is 1. The molecule has 0 radical (unpaired) electrons. The minimum absolute atomic E-state index is 0.0571. The molecule has 9 heteroatoms. The van der Waals surface area contributed by atoms with Gasteiger partial charge in [-0.25, -0.2) is 4.79 Å². The molecule has 0 aliphatic heterocycles. The highest BCUT2D eigenvalue weighted by molar-refractivity contribution is 5.82. The summed E-state index contributed by atoms with van der Waals surface area (Å²) < 4.78 is 12.4. The number of nitrogens with one attached hydrogen (secondary N) is 2. The van der Waals surface area contributed by atoms with Gasteiger partial charge < -0.3 is 24.9 Å². The molecule has 0 saturated heterocycles. The largest absolute Gasteiger partial charge is 0.419 e. The van der Waals surface area contributed by atoms with Gasteiger partial charge in [-0.1, -0.05) is 50.6 Å². The standard InChI is InChI=1S/C28H36N4O5/c1-5-18(2)26(36-17-23(33)12-13-30-3)27(34)31-22(16-29)14-19-6-8-20(9-7-19)21-10-11-25-24(15-21)32(4)28(35)37-25/h6-11,15,18,22-23,26,30,33H,5,12-14,17H2,1-4H3,(H,31,34). The van der Waals surface area contributed by atoms with Crippen molar-refractivity contribution in [2.45, 2.75) is 51.4 Å². The zero-order chi connectivity index (χ0) is 26.9. The molecule has 9 nitrogen and oxygen atoms in total. The van der Waals surface area contributed by atoms with Crippen LogP contribution in [0.25, 0.3) is 22.2 Å². The number of nitriles is 1. The first-order chi connectivity index (χ1) is 17.8. The molecule has 3 aromatic rings. The smallest absolute Gasteiger partial charge is 0.408 e. The minimum atomic E-state index is -0.749. The molecule has 0 bridgehead atoms. The topological polar surface area (TPSA) is 130 Å². The number of rotatable bonds is 13. The second-order valence-corrected chi connectivity index (χ2v) is 9.39. The van der Waals surface area contributed by atoms with Gasteiger partial charge in [0.05, 0.1) is 24.3 Å². The van der Waals surface area contributed by atoms with E-state index in [9.17, 15) is 20.0 Å². The quantitative estimate of drug-likeness (QED) is 0.324. The first kappa shape index (κ1) is 28.1. The summed E-state index contributed by atoms with van der Waals surface area (Å²) in [6.45, 7) is 4.60. The first-order valence-corrected chi connectivity index (χ1v) is 12.6. The van der Waals surface area contributed by atoms with Gasteiger partial charge in [-0.3, -0.25) is 9.36 Å². The molecular formula is C28H36N4O5. The first-order valence-electron chi connectivity index (χ1n) is 12.6. The highest BCUT2D eigenvalue weighted by atomic mass is 16.5. The zero-order valence-electron chi connectivity index (χ0n) is 21.9. The average molecular weight is 509 g/mol. The van der Waals surface area contributed by atoms with Crippen LogP contribution in [0, 0.1) is 17.2 Å². The Labute approximate surface area is 217 Å². The van der Waals surface area contributed by atoms with Crippen LogP contribution in [0.5, 0.6) is 0 Å². The Morgan fingerprint density at radius 1 is 1.22 bits per heavy atom. The molecular weight excluding hydrogens is 472 g/mol. The van der Waals surface area contributed by atoms with Crippen molar-refractivity contribution >= 4 is 17.0 Å². The molecule has 4 atom stereocenters. The molecule has 0 aliphatic rings. The molecule has 1 aromatic heterocycles. The van der Waals surface area contributed by atoms with Gasteiger partial charge in [0.2, 0.25) is 5.91 Å². The SMILES string of the molecule is CCC(C)C(OCC(O)CCNC)C(=O)NC(C#N)Cc1ccc(-c2ccc3oc(=O)n(C)c3c2)cc1. The van der Waals surface area contributed by atoms with E-state index in [0.29, 0.717) is 30.5 Å². The van der Waals surface area contributed by atoms with Gasteiger partial charge in [-0.15, -0.1) is 0 Å². The summed E-state index contributed by atoms with van der Waals surface area (Å²) in [5.41, 5.74) is 4.04. The van der Waals surface area contributed by atoms with Crippen LogP contribution in [0.1, 0.15) is 32.3 Å². The average Bonchev–Trinajstić information content (AvgIpc) is 3.19. The highest BCUT2D eigenvalue weighted by Gasteiger charge is 2.27. The molecule has 4 unspecified atom stereocenters. The second-order valence-electron chi connectivity index (χ2n) is 9.39. The monoisotopic (exact) mass is 508 g/mol. The fraction of sp³-hybridized carbons (Fsp3) is 0.464. The van der Waals surface area contributed by atoms with Crippen molar-refractivity contribution in [2.24, 2.45) is 13.0 Å². The van der Waals surface area contributed by atoms with Crippen LogP contribution in [0.2, 0.25) is 0 Å². The number of amides is 1. The molecule has 0 saturated carbocycles. The van der Waals surface area contributed by atoms with Crippen LogP contribution in [0.15, 0.2) is 51.7 Å². The number of aliphatic hydroxyl groups excluding tert-OH is 1. The van der Waals surface area contributed by atoms with E-state index in [1.54, 1.807) is 13.1 Å². The maximum absolute atomic E-state index is 13.0. The fourth-order valence-corrected chi connectivity index (χ4v) is 4.08. The van der Waals surface area contributed by atoms with Gasteiger partial charge in [0.25, 0.3) is 0 Å². The van der Waals surface area contributed by atoms with E-state index in [2.05, 4.69) is 16.7 Å². The van der Waals surface area contributed by atoms with Gasteiger partial charge in [-0.05, 0) is 54.8 Å². The predicted octanol–water partition coefficient (Wildman–Crippen LogP) is 2.75. The summed E-state index contributed by atoms with van der Waals surface area (Å²) in [5.74, 6) is -0.822. The fourth-order valence-electron chi connectivity index (χ4n) is 4.08. The van der Waals surface area contributed by atoms with Gasteiger partial charge >= 0.3 is 5.76 Å². The lowest BCUT2D eigenvalue weighted by Crippen LogP contribution is -2.46. The number of fused-ring (bicyclic) bond motifs is 1. The Balaban J connectivity index is 1.64. The number of aliphatic hydroxyl groups is 1. The summed E-state index contributed by atoms with van der Waals surface area (Å²) >= 11 is 0. The van der Waals surface area contributed by atoms with Crippen molar-refractivity contribution in [1.29, 1.82) is 5.26 Å². The van der Waals surface area contributed by atoms with Crippen molar-refractivity contribution in [2.75, 3.05) is 20.2 Å². The zero-order valence-corrected chi connectivity index (χ0v) is 21.9. The van der Waals surface area contributed by atoms with Crippen LogP contribution < -0.4 is 16.4 Å². The van der Waals surface area contributed by atoms with Crippen molar-refractivity contribution in [1.82, 2.24) is 15.2 Å². The number of carbonyl (C=O) groups is 1. The maximum atomic E-state index is 13.0. The van der Waals surface area contributed by atoms with Gasteiger partial charge in [0, 0.05) is 13.5 Å². The van der Waals surface area contributed by atoms with E-state index in [-0.39, 0.29) is 18.4 Å². The molecule has 0 fully saturated rings. The van der Waals surface area contributed by atoms with E-state index in [1.165, 1.54) is 4.57 Å². The van der Waals surface area contributed by atoms with Gasteiger partial charge in [0.1, 0.15) is 12.1 Å². The maximum Gasteiger partial charge on any atom is 0.419 e. The molecule has 0 aliphatic carbocycles. The Hall–Kier alpha value is -3.45. The van der Waals surface area contributed by atoms with E-state index in [0.717, 1.165) is 23.1 Å². The molecule has 2 aromatic carbocycles. The number of benzene rings is 2. The van der Waals surface area contributed by atoms with Crippen LogP contribution in [-0.2, 0) is 23.0 Å². The number of hydrogen-bond acceptors (Lipinski definition) is 7. The Kier molecular flexibility index (Phi) is 10.0. The highest BCUT2D eigenvalue weighted by Crippen LogP contribution is 2.24. The van der Waals surface area contributed by atoms with Crippen molar-refractivity contribution in [3.05, 3.63) is 58.6 Å². The van der Waals surface area contributed by atoms with Crippen molar-refractivity contribution < 1.29 is 19.1 Å².